The Kier molecular flexibility index (Phi) is 7.57. The van der Waals surface area contributed by atoms with E-state index in [1.807, 2.05) is 6.08 Å². The van der Waals surface area contributed by atoms with Crippen molar-refractivity contribution in [2.45, 2.75) is 64.7 Å². The Morgan fingerprint density at radius 3 is 2.14 bits per heavy atom. The Labute approximate surface area is 131 Å². The van der Waals surface area contributed by atoms with Gasteiger partial charge in [-0.3, -0.25) is 0 Å². The summed E-state index contributed by atoms with van der Waals surface area (Å²) in [6.45, 7) is 7.62. The van der Waals surface area contributed by atoms with Crippen LogP contribution in [0.2, 0.25) is 0 Å². The minimum atomic E-state index is 0.717. The van der Waals surface area contributed by atoms with Crippen LogP contribution in [0.3, 0.4) is 0 Å². The SMILES string of the molecule is C=CCOCC1CCC(C2CCC(C=CCC)CC2)CC1. The maximum Gasteiger partial charge on any atom is 0.0644 e. The van der Waals surface area contributed by atoms with E-state index in [0.29, 0.717) is 0 Å². The summed E-state index contributed by atoms with van der Waals surface area (Å²) in [7, 11) is 0. The molecule has 1 nitrogen and oxygen atoms in total. The summed E-state index contributed by atoms with van der Waals surface area (Å²) < 4.78 is 5.63. The van der Waals surface area contributed by atoms with Crippen LogP contribution in [0.25, 0.3) is 0 Å². The number of ether oxygens (including phenoxy) is 1. The Morgan fingerprint density at radius 1 is 0.952 bits per heavy atom. The van der Waals surface area contributed by atoms with Gasteiger partial charge in [0.05, 0.1) is 6.61 Å². The van der Waals surface area contributed by atoms with Crippen molar-refractivity contribution < 1.29 is 4.74 Å². The Bertz CT molecular complexity index is 304. The van der Waals surface area contributed by atoms with Gasteiger partial charge in [-0.2, -0.15) is 0 Å². The Morgan fingerprint density at radius 2 is 1.57 bits per heavy atom. The van der Waals surface area contributed by atoms with Crippen molar-refractivity contribution in [3.05, 3.63) is 24.8 Å². The highest BCUT2D eigenvalue weighted by atomic mass is 16.5. The van der Waals surface area contributed by atoms with Gasteiger partial charge in [0.25, 0.3) is 0 Å². The van der Waals surface area contributed by atoms with Crippen LogP contribution < -0.4 is 0 Å². The van der Waals surface area contributed by atoms with Crippen LogP contribution in [0.5, 0.6) is 0 Å². The smallest absolute Gasteiger partial charge is 0.0644 e. The van der Waals surface area contributed by atoms with Gasteiger partial charge in [-0.05, 0) is 81.5 Å². The maximum absolute atomic E-state index is 5.63. The summed E-state index contributed by atoms with van der Waals surface area (Å²) in [6, 6.07) is 0. The first-order valence-electron chi connectivity index (χ1n) is 9.18. The normalized spacial score (nSPS) is 34.1. The van der Waals surface area contributed by atoms with Crippen LogP contribution in [0.15, 0.2) is 24.8 Å². The summed E-state index contributed by atoms with van der Waals surface area (Å²) in [6.07, 6.45) is 19.4. The van der Waals surface area contributed by atoms with Gasteiger partial charge in [-0.1, -0.05) is 25.2 Å². The van der Waals surface area contributed by atoms with Gasteiger partial charge >= 0.3 is 0 Å². The molecule has 2 rings (SSSR count). The van der Waals surface area contributed by atoms with Gasteiger partial charge in [0, 0.05) is 6.61 Å². The molecule has 120 valence electrons. The first-order valence-corrected chi connectivity index (χ1v) is 9.18. The predicted molar refractivity (Wildman–Crippen MR) is 91.3 cm³/mol. The van der Waals surface area contributed by atoms with E-state index in [2.05, 4.69) is 25.7 Å². The Hall–Kier alpha value is -0.560. The van der Waals surface area contributed by atoms with Crippen molar-refractivity contribution in [1.29, 1.82) is 0 Å². The molecule has 2 saturated carbocycles. The molecule has 0 heterocycles. The third-order valence-corrected chi connectivity index (χ3v) is 5.61. The van der Waals surface area contributed by atoms with E-state index < -0.39 is 0 Å². The summed E-state index contributed by atoms with van der Waals surface area (Å²) in [5.74, 6) is 3.72. The summed E-state index contributed by atoms with van der Waals surface area (Å²) in [5, 5.41) is 0. The van der Waals surface area contributed by atoms with Gasteiger partial charge in [0.1, 0.15) is 0 Å². The molecule has 0 amide bonds. The molecule has 0 bridgehead atoms. The summed E-state index contributed by atoms with van der Waals surface area (Å²) in [4.78, 5) is 0. The Balaban J connectivity index is 1.64. The quantitative estimate of drug-likeness (QED) is 0.427. The number of rotatable bonds is 7. The van der Waals surface area contributed by atoms with Crippen molar-refractivity contribution in [3.63, 3.8) is 0 Å². The summed E-state index contributed by atoms with van der Waals surface area (Å²) >= 11 is 0. The molecule has 21 heavy (non-hydrogen) atoms. The first-order chi connectivity index (χ1) is 10.3. The van der Waals surface area contributed by atoms with Crippen molar-refractivity contribution >= 4 is 0 Å². The molecule has 0 aromatic heterocycles. The second-order valence-electron chi connectivity index (χ2n) is 7.12. The highest BCUT2D eigenvalue weighted by Crippen LogP contribution is 2.41. The molecule has 0 atom stereocenters. The molecule has 0 saturated heterocycles. The second-order valence-corrected chi connectivity index (χ2v) is 7.12. The highest BCUT2D eigenvalue weighted by Gasteiger charge is 2.30. The monoisotopic (exact) mass is 290 g/mol. The van der Waals surface area contributed by atoms with Gasteiger partial charge in [0.2, 0.25) is 0 Å². The molecule has 0 aliphatic heterocycles. The highest BCUT2D eigenvalue weighted by molar-refractivity contribution is 4.92. The number of hydrogen-bond donors (Lipinski definition) is 0. The second kappa shape index (κ2) is 9.46. The number of allylic oxidation sites excluding steroid dienone is 2. The van der Waals surface area contributed by atoms with Crippen LogP contribution >= 0.6 is 0 Å². The van der Waals surface area contributed by atoms with Crippen LogP contribution in [0.1, 0.15) is 64.7 Å². The van der Waals surface area contributed by atoms with Crippen molar-refractivity contribution in [1.82, 2.24) is 0 Å². The zero-order valence-corrected chi connectivity index (χ0v) is 13.9. The van der Waals surface area contributed by atoms with Gasteiger partial charge in [-0.25, -0.2) is 0 Å². The van der Waals surface area contributed by atoms with Crippen molar-refractivity contribution in [2.75, 3.05) is 13.2 Å². The van der Waals surface area contributed by atoms with E-state index in [4.69, 9.17) is 4.74 Å². The lowest BCUT2D eigenvalue weighted by Crippen LogP contribution is -2.26. The average Bonchev–Trinajstić information content (AvgIpc) is 2.54. The molecule has 0 N–H and O–H groups in total. The fraction of sp³-hybridized carbons (Fsp3) is 0.800. The lowest BCUT2D eigenvalue weighted by atomic mass is 9.69. The van der Waals surface area contributed by atoms with E-state index >= 15 is 0 Å². The lowest BCUT2D eigenvalue weighted by Gasteiger charge is -2.37. The zero-order valence-electron chi connectivity index (χ0n) is 13.9. The average molecular weight is 290 g/mol. The van der Waals surface area contributed by atoms with E-state index in [0.717, 1.165) is 36.9 Å². The van der Waals surface area contributed by atoms with Gasteiger partial charge in [0.15, 0.2) is 0 Å². The largest absolute Gasteiger partial charge is 0.377 e. The molecule has 0 radical (unpaired) electrons. The molecule has 0 unspecified atom stereocenters. The maximum atomic E-state index is 5.63. The van der Waals surface area contributed by atoms with Crippen molar-refractivity contribution in [2.24, 2.45) is 23.7 Å². The predicted octanol–water partition coefficient (Wildman–Crippen LogP) is 5.77. The number of hydrogen-bond acceptors (Lipinski definition) is 1. The third kappa shape index (κ3) is 5.62. The molecule has 0 spiro atoms. The van der Waals surface area contributed by atoms with E-state index in [1.165, 1.54) is 57.8 Å². The summed E-state index contributed by atoms with van der Waals surface area (Å²) in [5.41, 5.74) is 0. The molecular formula is C20H34O. The molecule has 1 heteroatoms. The fourth-order valence-electron chi connectivity index (χ4n) is 4.28. The molecule has 0 aromatic carbocycles. The van der Waals surface area contributed by atoms with Gasteiger partial charge in [-0.15, -0.1) is 6.58 Å². The third-order valence-electron chi connectivity index (χ3n) is 5.61. The topological polar surface area (TPSA) is 9.23 Å². The van der Waals surface area contributed by atoms with Crippen LogP contribution in [0.4, 0.5) is 0 Å². The van der Waals surface area contributed by atoms with Gasteiger partial charge < -0.3 is 4.74 Å². The van der Waals surface area contributed by atoms with Crippen LogP contribution in [-0.4, -0.2) is 13.2 Å². The molecule has 2 fully saturated rings. The van der Waals surface area contributed by atoms with E-state index in [-0.39, 0.29) is 0 Å². The minimum Gasteiger partial charge on any atom is -0.377 e. The van der Waals surface area contributed by atoms with E-state index in [9.17, 15) is 0 Å². The minimum absolute atomic E-state index is 0.717. The van der Waals surface area contributed by atoms with Crippen LogP contribution in [0, 0.1) is 23.7 Å². The first kappa shape index (κ1) is 16.8. The van der Waals surface area contributed by atoms with Crippen LogP contribution in [-0.2, 0) is 4.74 Å². The molecular weight excluding hydrogens is 256 g/mol. The fourth-order valence-corrected chi connectivity index (χ4v) is 4.28. The lowest BCUT2D eigenvalue weighted by molar-refractivity contribution is 0.0800. The molecule has 0 aromatic rings. The standard InChI is InChI=1S/C20H34O/c1-3-5-6-17-7-11-19(12-8-17)20-13-9-18(10-14-20)16-21-15-4-2/h4-6,17-20H,2-3,7-16H2,1H3. The van der Waals surface area contributed by atoms with E-state index in [1.54, 1.807) is 0 Å². The zero-order chi connectivity index (χ0) is 14.9. The molecule has 2 aliphatic carbocycles. The molecule has 2 aliphatic rings. The van der Waals surface area contributed by atoms with Crippen molar-refractivity contribution in [3.8, 4) is 0 Å².